The van der Waals surface area contributed by atoms with Crippen LogP contribution in [-0.4, -0.2) is 59.7 Å². The van der Waals surface area contributed by atoms with Crippen molar-refractivity contribution in [1.82, 2.24) is 0 Å². The maximum atomic E-state index is 12.5. The van der Waals surface area contributed by atoms with E-state index in [0.717, 1.165) is 31.2 Å². The van der Waals surface area contributed by atoms with Gasteiger partial charge in [-0.25, -0.2) is 12.6 Å². The van der Waals surface area contributed by atoms with E-state index in [9.17, 15) is 34.6 Å². The Morgan fingerprint density at radius 2 is 1.66 bits per heavy atom. The number of nitrogens with two attached hydrogens (primary N) is 1. The molecule has 0 heterocycles. The fourth-order valence-electron chi connectivity index (χ4n) is 2.60. The van der Waals surface area contributed by atoms with Gasteiger partial charge in [0.05, 0.1) is 35.7 Å². The van der Waals surface area contributed by atoms with E-state index in [1.807, 2.05) is 0 Å². The van der Waals surface area contributed by atoms with E-state index in [4.69, 9.17) is 15.0 Å². The fourth-order valence-corrected chi connectivity index (χ4v) is 4.72. The fraction of sp³-hybridized carbons (Fsp3) is 0.235. The summed E-state index contributed by atoms with van der Waals surface area (Å²) in [4.78, 5) is 10.5. The number of anilines is 2. The van der Waals surface area contributed by atoms with Crippen molar-refractivity contribution < 1.29 is 48.1 Å². The minimum Gasteiger partial charge on any atom is -0.494 e. The minimum absolute atomic E-state index is 0.0495. The topological polar surface area (TPSA) is 241 Å². The summed E-state index contributed by atoms with van der Waals surface area (Å²) in [5.74, 6) is -1.32. The number of azo groups is 1. The highest BCUT2D eigenvalue weighted by Crippen LogP contribution is 2.36. The van der Waals surface area contributed by atoms with Gasteiger partial charge in [0.15, 0.2) is 9.84 Å². The lowest BCUT2D eigenvalue weighted by atomic mass is 10.2. The molecule has 0 saturated carbocycles. The van der Waals surface area contributed by atoms with Crippen molar-refractivity contribution in [2.75, 3.05) is 30.5 Å². The van der Waals surface area contributed by atoms with Crippen LogP contribution in [-0.2, 0) is 39.3 Å². The number of hydrogen-bond donors (Lipinski definition) is 4. The highest BCUT2D eigenvalue weighted by atomic mass is 32.3. The third kappa shape index (κ3) is 7.94. The molecule has 0 saturated heterocycles. The van der Waals surface area contributed by atoms with E-state index in [0.29, 0.717) is 0 Å². The molecule has 2 aromatic rings. The molecule has 0 unspecified atom stereocenters. The molecule has 15 nitrogen and oxygen atoms in total. The Kier molecular flexibility index (Phi) is 8.52. The third-order valence-corrected chi connectivity index (χ3v) is 7.13. The number of nitrogens with one attached hydrogen (secondary N) is 1. The Labute approximate surface area is 200 Å². The van der Waals surface area contributed by atoms with Crippen LogP contribution in [0, 0.1) is 0 Å². The highest BCUT2D eigenvalue weighted by Gasteiger charge is 2.20. The number of sulfone groups is 1. The second kappa shape index (κ2) is 10.6. The summed E-state index contributed by atoms with van der Waals surface area (Å²) >= 11 is 0. The second-order valence-electron chi connectivity index (χ2n) is 6.67. The molecule has 2 rings (SSSR count). The molecular weight excluding hydrogens is 532 g/mol. The molecule has 0 atom stereocenters. The summed E-state index contributed by atoms with van der Waals surface area (Å²) in [5.41, 5.74) is 4.79. The molecule has 5 N–H and O–H groups in total. The van der Waals surface area contributed by atoms with Crippen LogP contribution in [0.4, 0.5) is 22.7 Å². The predicted octanol–water partition coefficient (Wildman–Crippen LogP) is 1.49. The Hall–Kier alpha value is -3.16. The summed E-state index contributed by atoms with van der Waals surface area (Å²) in [7, 11) is -12.5. The average molecular weight is 553 g/mol. The highest BCUT2D eigenvalue weighted by molar-refractivity contribution is 7.91. The number of carbonyl (C=O) groups excluding carboxylic acids is 1. The van der Waals surface area contributed by atoms with Crippen LogP contribution in [0.1, 0.15) is 6.92 Å². The van der Waals surface area contributed by atoms with E-state index in [1.165, 1.54) is 13.2 Å². The number of carbonyl (C=O) groups is 1. The van der Waals surface area contributed by atoms with Gasteiger partial charge in [0.2, 0.25) is 5.91 Å². The van der Waals surface area contributed by atoms with Crippen molar-refractivity contribution in [3.05, 3.63) is 30.3 Å². The standard InChI is InChI=1S/C17H20N4O11S3/c1-10(22)19-13-8-12(18)17(34(25,26)27)9-14(13)20-21-15-7-11(3-4-16(15)31-2)33(23,24)6-5-32-35(28,29)30/h3-4,7-9H,5-6,18H2,1-2H3,(H,19,22)(H,25,26,27)(H,28,29,30). The van der Waals surface area contributed by atoms with E-state index in [1.54, 1.807) is 0 Å². The predicted molar refractivity (Wildman–Crippen MR) is 122 cm³/mol. The Balaban J connectivity index is 2.53. The number of hydrogen-bond acceptors (Lipinski definition) is 12. The Morgan fingerprint density at radius 1 is 1.03 bits per heavy atom. The van der Waals surface area contributed by atoms with Crippen LogP contribution in [0.3, 0.4) is 0 Å². The SMILES string of the molecule is COc1ccc(S(=O)(=O)CCOS(=O)(=O)O)cc1N=Nc1cc(S(=O)(=O)O)c(N)cc1NC(C)=O. The van der Waals surface area contributed by atoms with E-state index in [-0.39, 0.29) is 33.4 Å². The largest absolute Gasteiger partial charge is 0.494 e. The zero-order valence-electron chi connectivity index (χ0n) is 18.1. The van der Waals surface area contributed by atoms with Gasteiger partial charge in [-0.2, -0.15) is 16.8 Å². The first kappa shape index (κ1) is 28.1. The van der Waals surface area contributed by atoms with Crippen LogP contribution >= 0.6 is 0 Å². The lowest BCUT2D eigenvalue weighted by Gasteiger charge is -2.11. The summed E-state index contributed by atoms with van der Waals surface area (Å²) in [5, 5.41) is 10.1. The zero-order chi connectivity index (χ0) is 26.6. The average Bonchev–Trinajstić information content (AvgIpc) is 2.70. The number of methoxy groups -OCH3 is 1. The first-order valence-corrected chi connectivity index (χ1v) is 13.6. The number of benzene rings is 2. The molecule has 18 heteroatoms. The van der Waals surface area contributed by atoms with E-state index < -0.39 is 53.5 Å². The quantitative estimate of drug-likeness (QED) is 0.186. The number of rotatable bonds is 10. The van der Waals surface area contributed by atoms with Crippen molar-refractivity contribution in [2.24, 2.45) is 10.2 Å². The van der Waals surface area contributed by atoms with Crippen molar-refractivity contribution in [3.8, 4) is 5.75 Å². The second-order valence-corrected chi connectivity index (χ2v) is 11.3. The molecular formula is C17H20N4O11S3. The van der Waals surface area contributed by atoms with Crippen LogP contribution in [0.15, 0.2) is 50.4 Å². The van der Waals surface area contributed by atoms with Crippen LogP contribution in [0.2, 0.25) is 0 Å². The Morgan fingerprint density at radius 3 is 2.20 bits per heavy atom. The van der Waals surface area contributed by atoms with Gasteiger partial charge in [-0.15, -0.1) is 10.2 Å². The van der Waals surface area contributed by atoms with Crippen LogP contribution in [0.5, 0.6) is 5.75 Å². The monoisotopic (exact) mass is 552 g/mol. The van der Waals surface area contributed by atoms with Gasteiger partial charge in [0.25, 0.3) is 10.1 Å². The number of nitrogen functional groups attached to an aromatic ring is 1. The molecule has 0 aromatic heterocycles. The first-order valence-electron chi connectivity index (χ1n) is 9.16. The normalized spacial score (nSPS) is 12.6. The van der Waals surface area contributed by atoms with Gasteiger partial charge >= 0.3 is 10.4 Å². The molecule has 35 heavy (non-hydrogen) atoms. The van der Waals surface area contributed by atoms with Gasteiger partial charge in [0, 0.05) is 6.92 Å². The number of nitrogens with zero attached hydrogens (tertiary/aromatic N) is 2. The van der Waals surface area contributed by atoms with Crippen LogP contribution in [0.25, 0.3) is 0 Å². The van der Waals surface area contributed by atoms with Crippen molar-refractivity contribution in [1.29, 1.82) is 0 Å². The van der Waals surface area contributed by atoms with Crippen molar-refractivity contribution in [3.63, 3.8) is 0 Å². The van der Waals surface area contributed by atoms with Crippen LogP contribution < -0.4 is 15.8 Å². The van der Waals surface area contributed by atoms with Crippen molar-refractivity contribution in [2.45, 2.75) is 16.7 Å². The molecule has 0 bridgehead atoms. The maximum absolute atomic E-state index is 12.5. The Bertz CT molecular complexity index is 1490. The molecule has 2 aromatic carbocycles. The number of amides is 1. The molecule has 0 aliphatic carbocycles. The zero-order valence-corrected chi connectivity index (χ0v) is 20.5. The first-order chi connectivity index (χ1) is 16.0. The molecule has 0 fully saturated rings. The van der Waals surface area contributed by atoms with Gasteiger partial charge in [-0.1, -0.05) is 0 Å². The molecule has 0 spiro atoms. The molecule has 192 valence electrons. The summed E-state index contributed by atoms with van der Waals surface area (Å²) in [6, 6.07) is 5.28. The van der Waals surface area contributed by atoms with E-state index >= 15 is 0 Å². The molecule has 0 aliphatic rings. The van der Waals surface area contributed by atoms with Gasteiger partial charge < -0.3 is 15.8 Å². The van der Waals surface area contributed by atoms with Gasteiger partial charge in [-0.3, -0.25) is 13.9 Å². The maximum Gasteiger partial charge on any atom is 0.397 e. The molecule has 1 amide bonds. The lowest BCUT2D eigenvalue weighted by Crippen LogP contribution is -2.15. The summed E-state index contributed by atoms with van der Waals surface area (Å²) in [6.07, 6.45) is 0. The smallest absolute Gasteiger partial charge is 0.397 e. The third-order valence-electron chi connectivity index (χ3n) is 4.08. The molecule has 0 aliphatic heterocycles. The summed E-state index contributed by atoms with van der Waals surface area (Å²) < 4.78 is 96.4. The lowest BCUT2D eigenvalue weighted by molar-refractivity contribution is -0.114. The number of ether oxygens (including phenoxy) is 1. The summed E-state index contributed by atoms with van der Waals surface area (Å²) in [6.45, 7) is 0.310. The van der Waals surface area contributed by atoms with Gasteiger partial charge in [0.1, 0.15) is 22.0 Å². The van der Waals surface area contributed by atoms with Crippen molar-refractivity contribution >= 4 is 59.0 Å². The van der Waals surface area contributed by atoms with E-state index in [2.05, 4.69) is 19.7 Å². The van der Waals surface area contributed by atoms with Gasteiger partial charge in [-0.05, 0) is 30.3 Å². The molecule has 0 radical (unpaired) electrons. The minimum atomic E-state index is -4.83.